The molecule has 0 aliphatic rings. The van der Waals surface area contributed by atoms with Crippen LogP contribution in [0.2, 0.25) is 0 Å². The van der Waals surface area contributed by atoms with E-state index in [0.717, 1.165) is 15.3 Å². The molecule has 1 amide bonds. The Hall–Kier alpha value is -3.08. The van der Waals surface area contributed by atoms with Crippen LogP contribution in [-0.2, 0) is 0 Å². The summed E-state index contributed by atoms with van der Waals surface area (Å²) in [6.45, 7) is 4.21. The van der Waals surface area contributed by atoms with Crippen molar-refractivity contribution < 1.29 is 14.7 Å². The van der Waals surface area contributed by atoms with E-state index in [9.17, 15) is 9.59 Å². The molecule has 0 aliphatic heterocycles. The molecule has 5 nitrogen and oxygen atoms in total. The normalized spacial score (nSPS) is 11.0. The molecule has 0 atom stereocenters. The maximum absolute atomic E-state index is 12.3. The van der Waals surface area contributed by atoms with Crippen molar-refractivity contribution in [1.29, 1.82) is 0 Å². The quantitative estimate of drug-likeness (QED) is 0.743. The zero-order valence-corrected chi connectivity index (χ0v) is 13.5. The van der Waals surface area contributed by atoms with Gasteiger partial charge in [-0.3, -0.25) is 9.36 Å². The number of nitrogens with zero attached hydrogens (tertiary/aromatic N) is 1. The maximum atomic E-state index is 12.3. The standard InChI is InChI=1S/C19H18N2O3/c1-12(2)13-3-5-14(6-4-13)18(22)20-17-8-7-15-10-21(19(23)24)11-16(15)9-17/h3-12H,1-2H3,(H,20,22)(H,23,24). The van der Waals surface area contributed by atoms with Gasteiger partial charge in [0.15, 0.2) is 0 Å². The average Bonchev–Trinajstić information content (AvgIpc) is 2.98. The number of amides is 1. The van der Waals surface area contributed by atoms with Crippen molar-refractivity contribution in [2.75, 3.05) is 5.32 Å². The Balaban J connectivity index is 1.80. The first kappa shape index (κ1) is 15.8. The second-order valence-corrected chi connectivity index (χ2v) is 6.02. The fourth-order valence-electron chi connectivity index (χ4n) is 2.55. The zero-order chi connectivity index (χ0) is 17.3. The van der Waals surface area contributed by atoms with Gasteiger partial charge in [-0.15, -0.1) is 0 Å². The highest BCUT2D eigenvalue weighted by atomic mass is 16.4. The predicted octanol–water partition coefficient (Wildman–Crippen LogP) is 4.54. The number of fused-ring (bicyclic) bond motifs is 1. The van der Waals surface area contributed by atoms with Gasteiger partial charge in [-0.05, 0) is 35.7 Å². The highest BCUT2D eigenvalue weighted by Crippen LogP contribution is 2.21. The van der Waals surface area contributed by atoms with Crippen molar-refractivity contribution in [1.82, 2.24) is 4.57 Å². The number of carbonyl (C=O) groups excluding carboxylic acids is 1. The first-order chi connectivity index (χ1) is 11.4. The molecule has 2 N–H and O–H groups in total. The first-order valence-corrected chi connectivity index (χ1v) is 7.70. The lowest BCUT2D eigenvalue weighted by Gasteiger charge is -2.08. The average molecular weight is 322 g/mol. The van der Waals surface area contributed by atoms with Gasteiger partial charge in [-0.25, -0.2) is 4.79 Å². The minimum Gasteiger partial charge on any atom is -0.464 e. The van der Waals surface area contributed by atoms with Crippen LogP contribution in [0.3, 0.4) is 0 Å². The molecule has 5 heteroatoms. The Labute approximate surface area is 139 Å². The van der Waals surface area contributed by atoms with E-state index in [-0.39, 0.29) is 5.91 Å². The fraction of sp³-hybridized carbons (Fsp3) is 0.158. The number of anilines is 1. The van der Waals surface area contributed by atoms with E-state index in [0.29, 0.717) is 17.2 Å². The molecule has 3 aromatic rings. The minimum atomic E-state index is -1.04. The molecule has 2 aromatic carbocycles. The van der Waals surface area contributed by atoms with Crippen LogP contribution in [0.4, 0.5) is 10.5 Å². The molecular weight excluding hydrogens is 304 g/mol. The van der Waals surface area contributed by atoms with Crippen molar-refractivity contribution >= 4 is 28.5 Å². The third kappa shape index (κ3) is 3.15. The second-order valence-electron chi connectivity index (χ2n) is 6.02. The molecule has 0 unspecified atom stereocenters. The van der Waals surface area contributed by atoms with Crippen LogP contribution in [0.5, 0.6) is 0 Å². The summed E-state index contributed by atoms with van der Waals surface area (Å²) in [4.78, 5) is 23.3. The summed E-state index contributed by atoms with van der Waals surface area (Å²) in [6, 6.07) is 12.8. The van der Waals surface area contributed by atoms with Gasteiger partial charge >= 0.3 is 6.09 Å². The van der Waals surface area contributed by atoms with Crippen LogP contribution < -0.4 is 5.32 Å². The number of hydrogen-bond donors (Lipinski definition) is 2. The van der Waals surface area contributed by atoms with E-state index in [4.69, 9.17) is 5.11 Å². The Kier molecular flexibility index (Phi) is 4.08. The number of nitrogens with one attached hydrogen (secondary N) is 1. The molecule has 0 saturated heterocycles. The number of aromatic nitrogens is 1. The molecule has 122 valence electrons. The van der Waals surface area contributed by atoms with Crippen molar-refractivity contribution in [2.45, 2.75) is 19.8 Å². The second kappa shape index (κ2) is 6.20. The van der Waals surface area contributed by atoms with E-state index in [1.54, 1.807) is 18.2 Å². The third-order valence-corrected chi connectivity index (χ3v) is 3.96. The molecule has 0 radical (unpaired) electrons. The van der Waals surface area contributed by atoms with Gasteiger partial charge in [0, 0.05) is 34.4 Å². The number of benzene rings is 2. The molecular formula is C19H18N2O3. The van der Waals surface area contributed by atoms with Crippen LogP contribution in [0.15, 0.2) is 54.9 Å². The van der Waals surface area contributed by atoms with Crippen LogP contribution >= 0.6 is 0 Å². The summed E-state index contributed by atoms with van der Waals surface area (Å²) < 4.78 is 1.10. The van der Waals surface area contributed by atoms with Gasteiger partial charge in [0.25, 0.3) is 5.91 Å². The van der Waals surface area contributed by atoms with Crippen molar-refractivity contribution in [2.24, 2.45) is 0 Å². The summed E-state index contributed by atoms with van der Waals surface area (Å²) in [5, 5.41) is 13.4. The molecule has 0 fully saturated rings. The van der Waals surface area contributed by atoms with Gasteiger partial charge in [0.2, 0.25) is 0 Å². The summed E-state index contributed by atoms with van der Waals surface area (Å²) >= 11 is 0. The topological polar surface area (TPSA) is 71.3 Å². The van der Waals surface area contributed by atoms with E-state index in [1.165, 1.54) is 18.0 Å². The van der Waals surface area contributed by atoms with Gasteiger partial charge < -0.3 is 10.4 Å². The highest BCUT2D eigenvalue weighted by Gasteiger charge is 2.09. The molecule has 3 rings (SSSR count). The largest absolute Gasteiger partial charge is 0.464 e. The van der Waals surface area contributed by atoms with Crippen LogP contribution in [0.1, 0.15) is 35.7 Å². The van der Waals surface area contributed by atoms with Crippen LogP contribution in [0.25, 0.3) is 10.8 Å². The summed E-state index contributed by atoms with van der Waals surface area (Å²) in [6.07, 6.45) is 2.01. The van der Waals surface area contributed by atoms with Gasteiger partial charge in [0.05, 0.1) is 0 Å². The Morgan fingerprint density at radius 1 is 1.00 bits per heavy atom. The minimum absolute atomic E-state index is 0.192. The Morgan fingerprint density at radius 3 is 2.29 bits per heavy atom. The molecule has 1 aromatic heterocycles. The molecule has 0 aliphatic carbocycles. The van der Waals surface area contributed by atoms with E-state index >= 15 is 0 Å². The fourth-order valence-corrected chi connectivity index (χ4v) is 2.55. The van der Waals surface area contributed by atoms with Crippen LogP contribution in [-0.4, -0.2) is 21.7 Å². The monoisotopic (exact) mass is 322 g/mol. The maximum Gasteiger partial charge on any atom is 0.415 e. The van der Waals surface area contributed by atoms with Gasteiger partial charge in [-0.1, -0.05) is 32.0 Å². The highest BCUT2D eigenvalue weighted by molar-refractivity contribution is 6.05. The van der Waals surface area contributed by atoms with Crippen LogP contribution in [0, 0.1) is 0 Å². The van der Waals surface area contributed by atoms with Crippen molar-refractivity contribution in [3.8, 4) is 0 Å². The lowest BCUT2D eigenvalue weighted by Crippen LogP contribution is -2.11. The first-order valence-electron chi connectivity index (χ1n) is 7.70. The van der Waals surface area contributed by atoms with Gasteiger partial charge in [0.1, 0.15) is 0 Å². The predicted molar refractivity (Wildman–Crippen MR) is 93.8 cm³/mol. The summed E-state index contributed by atoms with van der Waals surface area (Å²) in [7, 11) is 0. The zero-order valence-electron chi connectivity index (χ0n) is 13.5. The molecule has 0 bridgehead atoms. The number of rotatable bonds is 3. The van der Waals surface area contributed by atoms with Crippen molar-refractivity contribution in [3.63, 3.8) is 0 Å². The Bertz CT molecular complexity index is 908. The lowest BCUT2D eigenvalue weighted by molar-refractivity contribution is 0.102. The molecule has 24 heavy (non-hydrogen) atoms. The number of carboxylic acid groups (broad SMARTS) is 1. The molecule has 0 spiro atoms. The van der Waals surface area contributed by atoms with E-state index in [2.05, 4.69) is 19.2 Å². The third-order valence-electron chi connectivity index (χ3n) is 3.96. The van der Waals surface area contributed by atoms with E-state index < -0.39 is 6.09 Å². The SMILES string of the molecule is CC(C)c1ccc(C(=O)Nc2ccc3cn(C(=O)O)cc3c2)cc1. The smallest absolute Gasteiger partial charge is 0.415 e. The Morgan fingerprint density at radius 2 is 1.67 bits per heavy atom. The molecule has 1 heterocycles. The lowest BCUT2D eigenvalue weighted by atomic mass is 10.0. The van der Waals surface area contributed by atoms with Crippen molar-refractivity contribution in [3.05, 3.63) is 66.0 Å². The van der Waals surface area contributed by atoms with Gasteiger partial charge in [-0.2, -0.15) is 0 Å². The number of carbonyl (C=O) groups is 2. The van der Waals surface area contributed by atoms with E-state index in [1.807, 2.05) is 24.3 Å². The summed E-state index contributed by atoms with van der Waals surface area (Å²) in [5.41, 5.74) is 2.40. The number of hydrogen-bond acceptors (Lipinski definition) is 2. The molecule has 0 saturated carbocycles. The summed E-state index contributed by atoms with van der Waals surface area (Å²) in [5.74, 6) is 0.227.